The summed E-state index contributed by atoms with van der Waals surface area (Å²) in [4.78, 5) is 30.5. The Morgan fingerprint density at radius 2 is 1.76 bits per heavy atom. The molecule has 0 radical (unpaired) electrons. The van der Waals surface area contributed by atoms with E-state index in [1.54, 1.807) is 24.8 Å². The molecule has 180 valence electrons. The third-order valence-electron chi connectivity index (χ3n) is 5.35. The number of likely N-dealkylation sites (N-methyl/N-ethyl adjacent to an activating group) is 1. The summed E-state index contributed by atoms with van der Waals surface area (Å²) in [7, 11) is 0. The van der Waals surface area contributed by atoms with Crippen LogP contribution in [0, 0.1) is 5.82 Å². The second-order valence-corrected chi connectivity index (χ2v) is 7.52. The smallest absolute Gasteiger partial charge is 0.364 e. The molecular weight excluding hydrogens is 452 g/mol. The van der Waals surface area contributed by atoms with Crippen LogP contribution in [0.5, 0.6) is 0 Å². The van der Waals surface area contributed by atoms with Crippen molar-refractivity contribution in [1.82, 2.24) is 24.8 Å². The van der Waals surface area contributed by atoms with Gasteiger partial charge in [-0.05, 0) is 38.5 Å². The molecule has 2 atom stereocenters. The molecule has 0 saturated heterocycles. The Kier molecular flexibility index (Phi) is 7.75. The van der Waals surface area contributed by atoms with Crippen LogP contribution in [0.4, 0.5) is 23.4 Å². The third kappa shape index (κ3) is 5.46. The van der Waals surface area contributed by atoms with Gasteiger partial charge in [0.1, 0.15) is 11.6 Å². The van der Waals surface area contributed by atoms with Crippen molar-refractivity contribution >= 4 is 11.7 Å². The van der Waals surface area contributed by atoms with Gasteiger partial charge in [-0.2, -0.15) is 13.2 Å². The van der Waals surface area contributed by atoms with Crippen molar-refractivity contribution in [2.75, 3.05) is 11.9 Å². The van der Waals surface area contributed by atoms with Crippen LogP contribution in [0.2, 0.25) is 0 Å². The summed E-state index contributed by atoms with van der Waals surface area (Å²) in [5, 5.41) is 3.02. The highest BCUT2D eigenvalue weighted by Crippen LogP contribution is 2.28. The molecule has 0 fully saturated rings. The number of aromatic nitrogens is 4. The highest BCUT2D eigenvalue weighted by atomic mass is 19.4. The third-order valence-corrected chi connectivity index (χ3v) is 5.35. The van der Waals surface area contributed by atoms with E-state index in [2.05, 4.69) is 25.3 Å². The van der Waals surface area contributed by atoms with Gasteiger partial charge < -0.3 is 10.2 Å². The van der Waals surface area contributed by atoms with Gasteiger partial charge in [-0.25, -0.2) is 24.3 Å². The molecule has 7 nitrogen and oxygen atoms in total. The first-order chi connectivity index (χ1) is 16.2. The Bertz CT molecular complexity index is 1110. The Morgan fingerprint density at radius 3 is 2.32 bits per heavy atom. The van der Waals surface area contributed by atoms with Gasteiger partial charge in [0.15, 0.2) is 11.5 Å². The minimum absolute atomic E-state index is 0.00983. The van der Waals surface area contributed by atoms with Gasteiger partial charge in [-0.1, -0.05) is 13.0 Å². The average Bonchev–Trinajstić information content (AvgIpc) is 2.82. The highest BCUT2D eigenvalue weighted by Gasteiger charge is 2.33. The van der Waals surface area contributed by atoms with E-state index in [0.29, 0.717) is 19.2 Å². The van der Waals surface area contributed by atoms with Crippen LogP contribution in [0.1, 0.15) is 43.2 Å². The Hall–Kier alpha value is -3.63. The first-order valence-electron chi connectivity index (χ1n) is 10.7. The number of rotatable bonds is 8. The summed E-state index contributed by atoms with van der Waals surface area (Å²) in [6.07, 6.45) is 0.520. The monoisotopic (exact) mass is 476 g/mol. The lowest BCUT2D eigenvalue weighted by molar-refractivity contribution is -0.141. The van der Waals surface area contributed by atoms with Gasteiger partial charge in [0.2, 0.25) is 0 Å². The van der Waals surface area contributed by atoms with Crippen LogP contribution in [0.3, 0.4) is 0 Å². The Labute approximate surface area is 194 Å². The highest BCUT2D eigenvalue weighted by molar-refractivity contribution is 6.00. The number of halogens is 4. The van der Waals surface area contributed by atoms with E-state index in [9.17, 15) is 22.4 Å². The Morgan fingerprint density at radius 1 is 1.06 bits per heavy atom. The zero-order valence-corrected chi connectivity index (χ0v) is 18.8. The second kappa shape index (κ2) is 10.5. The van der Waals surface area contributed by atoms with Gasteiger partial charge in [-0.3, -0.25) is 4.79 Å². The molecule has 1 aromatic carbocycles. The summed E-state index contributed by atoms with van der Waals surface area (Å²) < 4.78 is 53.0. The van der Waals surface area contributed by atoms with Crippen molar-refractivity contribution in [1.29, 1.82) is 0 Å². The minimum Gasteiger partial charge on any atom is -0.364 e. The van der Waals surface area contributed by atoms with Crippen LogP contribution >= 0.6 is 0 Å². The van der Waals surface area contributed by atoms with Crippen LogP contribution in [-0.2, 0) is 6.18 Å². The van der Waals surface area contributed by atoms with Crippen molar-refractivity contribution in [2.45, 2.75) is 45.5 Å². The molecule has 2 unspecified atom stereocenters. The molecule has 0 aliphatic carbocycles. The van der Waals surface area contributed by atoms with E-state index in [1.165, 1.54) is 30.6 Å². The number of amides is 1. The lowest BCUT2D eigenvalue weighted by Gasteiger charge is -2.35. The molecule has 0 spiro atoms. The van der Waals surface area contributed by atoms with Crippen LogP contribution in [0.15, 0.2) is 49.1 Å². The summed E-state index contributed by atoms with van der Waals surface area (Å²) in [5.74, 6) is -0.790. The van der Waals surface area contributed by atoms with Crippen LogP contribution in [0.25, 0.3) is 11.4 Å². The first kappa shape index (κ1) is 25.0. The predicted molar refractivity (Wildman–Crippen MR) is 118 cm³/mol. The molecule has 0 aliphatic heterocycles. The fourth-order valence-electron chi connectivity index (χ4n) is 3.76. The van der Waals surface area contributed by atoms with Crippen molar-refractivity contribution in [3.8, 4) is 11.4 Å². The molecule has 11 heteroatoms. The van der Waals surface area contributed by atoms with E-state index >= 15 is 0 Å². The SMILES string of the molecule is CCC(C(C)Nc1cnc(C(F)(F)F)cn1)N(CC)C(=O)c1cccc(F)c1-c1ncccn1. The quantitative estimate of drug-likeness (QED) is 0.469. The number of nitrogens with zero attached hydrogens (tertiary/aromatic N) is 5. The van der Waals surface area contributed by atoms with Crippen molar-refractivity contribution in [3.05, 3.63) is 66.1 Å². The summed E-state index contributed by atoms with van der Waals surface area (Å²) in [5.41, 5.74) is -0.964. The number of carbonyl (C=O) groups excluding carboxylic acids is 1. The molecule has 0 aliphatic rings. The maximum Gasteiger partial charge on any atom is 0.434 e. The van der Waals surface area contributed by atoms with Crippen molar-refractivity contribution in [3.63, 3.8) is 0 Å². The van der Waals surface area contributed by atoms with Crippen molar-refractivity contribution < 1.29 is 22.4 Å². The topological polar surface area (TPSA) is 83.9 Å². The number of anilines is 1. The van der Waals surface area contributed by atoms with E-state index in [1.807, 2.05) is 6.92 Å². The molecule has 0 bridgehead atoms. The number of alkyl halides is 3. The fraction of sp³-hybridized carbons (Fsp3) is 0.348. The fourth-order valence-corrected chi connectivity index (χ4v) is 3.76. The Balaban J connectivity index is 1.87. The normalized spacial score (nSPS) is 13.3. The van der Waals surface area contributed by atoms with Gasteiger partial charge >= 0.3 is 6.18 Å². The minimum atomic E-state index is -4.58. The maximum absolute atomic E-state index is 14.8. The van der Waals surface area contributed by atoms with Gasteiger partial charge in [0.25, 0.3) is 5.91 Å². The first-order valence-corrected chi connectivity index (χ1v) is 10.7. The van der Waals surface area contributed by atoms with E-state index < -0.39 is 29.6 Å². The van der Waals surface area contributed by atoms with E-state index in [-0.39, 0.29) is 28.8 Å². The van der Waals surface area contributed by atoms with Gasteiger partial charge in [0, 0.05) is 25.0 Å². The lowest BCUT2D eigenvalue weighted by Crippen LogP contribution is -2.48. The van der Waals surface area contributed by atoms with Crippen LogP contribution < -0.4 is 5.32 Å². The molecule has 0 saturated carbocycles. The molecule has 2 heterocycles. The second-order valence-electron chi connectivity index (χ2n) is 7.52. The van der Waals surface area contributed by atoms with Crippen molar-refractivity contribution in [2.24, 2.45) is 0 Å². The van der Waals surface area contributed by atoms with E-state index in [0.717, 1.165) is 6.20 Å². The standard InChI is InChI=1S/C23H24F4N6O/c1-4-17(14(3)32-19-13-30-18(12-31-19)23(25,26)27)33(5-2)22(34)15-8-6-9-16(24)20(15)21-28-10-7-11-29-21/h6-14,17H,4-5H2,1-3H3,(H,31,32). The molecule has 3 aromatic rings. The summed E-state index contributed by atoms with van der Waals surface area (Å²) >= 11 is 0. The summed E-state index contributed by atoms with van der Waals surface area (Å²) in [6.45, 7) is 5.77. The zero-order valence-electron chi connectivity index (χ0n) is 18.8. The van der Waals surface area contributed by atoms with Crippen LogP contribution in [-0.4, -0.2) is 49.4 Å². The maximum atomic E-state index is 14.8. The largest absolute Gasteiger partial charge is 0.434 e. The predicted octanol–water partition coefficient (Wildman–Crippen LogP) is 4.83. The van der Waals surface area contributed by atoms with Gasteiger partial charge in [-0.15, -0.1) is 0 Å². The molecule has 34 heavy (non-hydrogen) atoms. The number of benzene rings is 1. The molecule has 1 amide bonds. The average molecular weight is 476 g/mol. The molecule has 1 N–H and O–H groups in total. The molecular formula is C23H24F4N6O. The number of hydrogen-bond donors (Lipinski definition) is 1. The zero-order chi connectivity index (χ0) is 24.9. The summed E-state index contributed by atoms with van der Waals surface area (Å²) in [6, 6.07) is 5.02. The van der Waals surface area contributed by atoms with Gasteiger partial charge in [0.05, 0.1) is 29.6 Å². The van der Waals surface area contributed by atoms with E-state index in [4.69, 9.17) is 0 Å². The number of nitrogens with one attached hydrogen (secondary N) is 1. The number of carbonyl (C=O) groups is 1. The lowest BCUT2D eigenvalue weighted by atomic mass is 10.0. The number of hydrogen-bond acceptors (Lipinski definition) is 6. The molecule has 3 rings (SSSR count). The molecule has 2 aromatic heterocycles.